The van der Waals surface area contributed by atoms with Gasteiger partial charge in [-0.1, -0.05) is 29.8 Å². The first kappa shape index (κ1) is 16.1. The lowest BCUT2D eigenvalue weighted by atomic mass is 10.1. The second-order valence-electron chi connectivity index (χ2n) is 6.26. The van der Waals surface area contributed by atoms with Gasteiger partial charge in [-0.3, -0.25) is 4.90 Å². The van der Waals surface area contributed by atoms with Crippen molar-refractivity contribution in [1.82, 2.24) is 24.6 Å². The van der Waals surface area contributed by atoms with Gasteiger partial charge in [0.1, 0.15) is 5.15 Å². The fourth-order valence-electron chi connectivity index (χ4n) is 3.20. The van der Waals surface area contributed by atoms with Gasteiger partial charge in [-0.2, -0.15) is 5.10 Å². The van der Waals surface area contributed by atoms with Crippen LogP contribution in [0.1, 0.15) is 22.5 Å². The molecule has 128 valence electrons. The maximum Gasteiger partial charge on any atom is 0.220 e. The van der Waals surface area contributed by atoms with Crippen molar-refractivity contribution in [2.75, 3.05) is 12.3 Å². The van der Waals surface area contributed by atoms with Crippen molar-refractivity contribution in [3.63, 3.8) is 0 Å². The quantitative estimate of drug-likeness (QED) is 0.783. The highest BCUT2D eigenvalue weighted by molar-refractivity contribution is 6.30. The first-order valence-electron chi connectivity index (χ1n) is 8.24. The van der Waals surface area contributed by atoms with Crippen LogP contribution in [0.4, 0.5) is 5.95 Å². The molecular weight excluding hydrogens is 336 g/mol. The normalized spacial score (nSPS) is 14.5. The van der Waals surface area contributed by atoms with Crippen molar-refractivity contribution in [2.45, 2.75) is 26.4 Å². The summed E-state index contributed by atoms with van der Waals surface area (Å²) in [7, 11) is 0. The number of rotatable bonds is 3. The van der Waals surface area contributed by atoms with Crippen LogP contribution in [0, 0.1) is 6.92 Å². The van der Waals surface area contributed by atoms with Gasteiger partial charge in [-0.15, -0.1) is 0 Å². The van der Waals surface area contributed by atoms with Gasteiger partial charge in [0.2, 0.25) is 5.95 Å². The minimum atomic E-state index is 0.343. The minimum Gasteiger partial charge on any atom is -0.368 e. The summed E-state index contributed by atoms with van der Waals surface area (Å²) >= 11 is 6.64. The highest BCUT2D eigenvalue weighted by Gasteiger charge is 2.22. The Kier molecular flexibility index (Phi) is 4.15. The van der Waals surface area contributed by atoms with E-state index >= 15 is 0 Å². The number of halogens is 1. The van der Waals surface area contributed by atoms with E-state index in [9.17, 15) is 0 Å². The SMILES string of the molecule is Cc1nn(-c2ccccc2)c(Cl)c1CN1CCc2nc(N)ncc2C1. The maximum absolute atomic E-state index is 6.64. The Morgan fingerprint density at radius 1 is 1.24 bits per heavy atom. The maximum atomic E-state index is 6.64. The molecule has 2 aromatic heterocycles. The smallest absolute Gasteiger partial charge is 0.220 e. The summed E-state index contributed by atoms with van der Waals surface area (Å²) in [5, 5.41) is 5.29. The van der Waals surface area contributed by atoms with Crippen LogP contribution in [-0.2, 0) is 19.5 Å². The second kappa shape index (κ2) is 6.46. The summed E-state index contributed by atoms with van der Waals surface area (Å²) in [5.74, 6) is 0.343. The van der Waals surface area contributed by atoms with Crippen molar-refractivity contribution in [3.05, 3.63) is 64.2 Å². The second-order valence-corrected chi connectivity index (χ2v) is 6.62. The van der Waals surface area contributed by atoms with Crippen molar-refractivity contribution < 1.29 is 0 Å². The van der Waals surface area contributed by atoms with Crippen LogP contribution >= 0.6 is 11.6 Å². The largest absolute Gasteiger partial charge is 0.368 e. The number of hydrogen-bond donors (Lipinski definition) is 1. The van der Waals surface area contributed by atoms with Crippen molar-refractivity contribution in [2.24, 2.45) is 0 Å². The van der Waals surface area contributed by atoms with Crippen LogP contribution in [-0.4, -0.2) is 31.2 Å². The third-order valence-electron chi connectivity index (χ3n) is 4.54. The molecule has 0 radical (unpaired) electrons. The molecule has 1 aromatic carbocycles. The summed E-state index contributed by atoms with van der Waals surface area (Å²) < 4.78 is 1.80. The molecule has 0 bridgehead atoms. The van der Waals surface area contributed by atoms with Gasteiger partial charge in [0.05, 0.1) is 17.1 Å². The molecule has 6 nitrogen and oxygen atoms in total. The number of para-hydroxylation sites is 1. The van der Waals surface area contributed by atoms with E-state index in [1.54, 1.807) is 4.68 Å². The predicted octanol–water partition coefficient (Wildman–Crippen LogP) is 2.76. The number of fused-ring (bicyclic) bond motifs is 1. The highest BCUT2D eigenvalue weighted by atomic mass is 35.5. The number of anilines is 1. The van der Waals surface area contributed by atoms with E-state index in [0.29, 0.717) is 11.1 Å². The first-order valence-corrected chi connectivity index (χ1v) is 8.61. The molecule has 25 heavy (non-hydrogen) atoms. The summed E-state index contributed by atoms with van der Waals surface area (Å²) in [6, 6.07) is 9.95. The van der Waals surface area contributed by atoms with Crippen molar-refractivity contribution >= 4 is 17.5 Å². The molecule has 0 saturated carbocycles. The van der Waals surface area contributed by atoms with E-state index in [2.05, 4.69) is 20.0 Å². The Bertz CT molecular complexity index is 905. The average Bonchev–Trinajstić information content (AvgIpc) is 2.91. The van der Waals surface area contributed by atoms with Crippen molar-refractivity contribution in [3.8, 4) is 5.69 Å². The number of nitrogens with zero attached hydrogens (tertiary/aromatic N) is 5. The third-order valence-corrected chi connectivity index (χ3v) is 4.92. The molecule has 0 fully saturated rings. The van der Waals surface area contributed by atoms with Gasteiger partial charge in [0.25, 0.3) is 0 Å². The van der Waals surface area contributed by atoms with Crippen LogP contribution in [0.15, 0.2) is 36.5 Å². The van der Waals surface area contributed by atoms with Gasteiger partial charge in [0.15, 0.2) is 0 Å². The number of nitrogens with two attached hydrogens (primary N) is 1. The Hall–Kier alpha value is -2.44. The molecule has 0 aliphatic carbocycles. The Morgan fingerprint density at radius 3 is 2.84 bits per heavy atom. The van der Waals surface area contributed by atoms with Crippen LogP contribution in [0.25, 0.3) is 5.69 Å². The molecule has 0 saturated heterocycles. The van der Waals surface area contributed by atoms with Crippen LogP contribution in [0.2, 0.25) is 5.15 Å². The molecule has 4 rings (SSSR count). The van der Waals surface area contributed by atoms with Crippen LogP contribution < -0.4 is 5.73 Å². The zero-order chi connectivity index (χ0) is 17.4. The first-order chi connectivity index (χ1) is 12.1. The average molecular weight is 355 g/mol. The molecule has 1 aliphatic rings. The molecule has 0 spiro atoms. The summed E-state index contributed by atoms with van der Waals surface area (Å²) in [6.45, 7) is 4.46. The van der Waals surface area contributed by atoms with Gasteiger partial charge < -0.3 is 5.73 Å². The third kappa shape index (κ3) is 3.10. The zero-order valence-electron chi connectivity index (χ0n) is 14.0. The standard InChI is InChI=1S/C18H19ClN6/c1-12-15(17(19)25(23-12)14-5-3-2-4-6-14)11-24-8-7-16-13(10-24)9-21-18(20)22-16/h2-6,9H,7-8,10-11H2,1H3,(H2,20,21,22). The van der Waals surface area contributed by atoms with E-state index in [-0.39, 0.29) is 0 Å². The summed E-state index contributed by atoms with van der Waals surface area (Å²) in [4.78, 5) is 10.8. The molecule has 0 atom stereocenters. The monoisotopic (exact) mass is 354 g/mol. The lowest BCUT2D eigenvalue weighted by molar-refractivity contribution is 0.242. The van der Waals surface area contributed by atoms with Crippen LogP contribution in [0.5, 0.6) is 0 Å². The van der Waals surface area contributed by atoms with Gasteiger partial charge in [0, 0.05) is 43.4 Å². The molecule has 1 aliphatic heterocycles. The number of aryl methyl sites for hydroxylation is 1. The van der Waals surface area contributed by atoms with Crippen molar-refractivity contribution in [1.29, 1.82) is 0 Å². The van der Waals surface area contributed by atoms with E-state index in [0.717, 1.165) is 54.3 Å². The molecule has 3 aromatic rings. The van der Waals surface area contributed by atoms with Crippen LogP contribution in [0.3, 0.4) is 0 Å². The Labute approximate surface area is 151 Å². The topological polar surface area (TPSA) is 72.9 Å². The number of hydrogen-bond acceptors (Lipinski definition) is 5. The molecule has 7 heteroatoms. The predicted molar refractivity (Wildman–Crippen MR) is 97.6 cm³/mol. The highest BCUT2D eigenvalue weighted by Crippen LogP contribution is 2.27. The van der Waals surface area contributed by atoms with E-state index in [1.807, 2.05) is 43.5 Å². The Balaban J connectivity index is 1.58. The van der Waals surface area contributed by atoms with Gasteiger partial charge in [-0.25, -0.2) is 14.6 Å². The molecule has 2 N–H and O–H groups in total. The van der Waals surface area contributed by atoms with E-state index < -0.39 is 0 Å². The number of benzene rings is 1. The molecule has 3 heterocycles. The minimum absolute atomic E-state index is 0.343. The zero-order valence-corrected chi connectivity index (χ0v) is 14.7. The molecular formula is C18H19ClN6. The lowest BCUT2D eigenvalue weighted by Crippen LogP contribution is -2.31. The molecule has 0 amide bonds. The fraction of sp³-hybridized carbons (Fsp3) is 0.278. The van der Waals surface area contributed by atoms with Gasteiger partial charge in [-0.05, 0) is 19.1 Å². The summed E-state index contributed by atoms with van der Waals surface area (Å²) in [6.07, 6.45) is 2.69. The Morgan fingerprint density at radius 2 is 2.04 bits per heavy atom. The summed E-state index contributed by atoms with van der Waals surface area (Å²) in [5.41, 5.74) is 10.8. The lowest BCUT2D eigenvalue weighted by Gasteiger charge is -2.27. The fourth-order valence-corrected chi connectivity index (χ4v) is 3.53. The number of nitrogen functional groups attached to an aromatic ring is 1. The molecule has 0 unspecified atom stereocenters. The van der Waals surface area contributed by atoms with E-state index in [1.165, 1.54) is 0 Å². The van der Waals surface area contributed by atoms with E-state index in [4.69, 9.17) is 17.3 Å². The van der Waals surface area contributed by atoms with Gasteiger partial charge >= 0.3 is 0 Å². The number of aromatic nitrogens is 4.